The Morgan fingerprint density at radius 3 is 2.76 bits per heavy atom. The van der Waals surface area contributed by atoms with Crippen LogP contribution in [0.1, 0.15) is 5.69 Å². The fourth-order valence-corrected chi connectivity index (χ4v) is 2.67. The van der Waals surface area contributed by atoms with E-state index in [1.807, 2.05) is 48.7 Å². The van der Waals surface area contributed by atoms with Gasteiger partial charge in [-0.2, -0.15) is 5.10 Å². The van der Waals surface area contributed by atoms with Crippen LogP contribution < -0.4 is 5.32 Å². The molecule has 0 saturated heterocycles. The molecule has 0 unspecified atom stereocenters. The molecule has 6 heteroatoms. The molecule has 0 saturated carbocycles. The number of rotatable bonds is 4. The average molecular weight is 364 g/mol. The number of para-hydroxylation sites is 1. The quantitative estimate of drug-likeness (QED) is 0.703. The summed E-state index contributed by atoms with van der Waals surface area (Å²) >= 11 is 9.68. The predicted octanol–water partition coefficient (Wildman–Crippen LogP) is 4.30. The number of nitrogens with zero attached hydrogens (tertiary/aromatic N) is 3. The molecule has 0 aliphatic rings. The Hall–Kier alpha value is -1.85. The smallest absolute Gasteiger partial charge is 0.106 e. The maximum atomic E-state index is 6.30. The van der Waals surface area contributed by atoms with Crippen molar-refractivity contribution in [3.8, 4) is 5.69 Å². The molecule has 2 heterocycles. The van der Waals surface area contributed by atoms with Crippen LogP contribution >= 0.6 is 27.5 Å². The fraction of sp³-hybridized carbons (Fsp3) is 0.0667. The zero-order valence-electron chi connectivity index (χ0n) is 11.0. The number of hydrogen-bond acceptors (Lipinski definition) is 3. The van der Waals surface area contributed by atoms with Gasteiger partial charge in [0, 0.05) is 12.4 Å². The van der Waals surface area contributed by atoms with E-state index < -0.39 is 0 Å². The zero-order chi connectivity index (χ0) is 14.7. The number of pyridine rings is 1. The van der Waals surface area contributed by atoms with Crippen molar-refractivity contribution in [2.75, 3.05) is 5.32 Å². The van der Waals surface area contributed by atoms with Gasteiger partial charge in [0.05, 0.1) is 22.9 Å². The highest BCUT2D eigenvalue weighted by Crippen LogP contribution is 2.28. The van der Waals surface area contributed by atoms with E-state index in [4.69, 9.17) is 11.6 Å². The third kappa shape index (κ3) is 3.25. The average Bonchev–Trinajstić information content (AvgIpc) is 2.99. The Morgan fingerprint density at radius 2 is 2.00 bits per heavy atom. The van der Waals surface area contributed by atoms with Gasteiger partial charge < -0.3 is 5.32 Å². The van der Waals surface area contributed by atoms with Gasteiger partial charge in [0.1, 0.15) is 10.3 Å². The molecule has 2 aromatic heterocycles. The molecule has 0 aliphatic carbocycles. The highest BCUT2D eigenvalue weighted by Gasteiger charge is 2.09. The first-order valence-electron chi connectivity index (χ1n) is 6.38. The second-order valence-electron chi connectivity index (χ2n) is 4.39. The van der Waals surface area contributed by atoms with Crippen molar-refractivity contribution in [2.24, 2.45) is 0 Å². The Bertz CT molecular complexity index is 743. The molecular weight excluding hydrogens is 352 g/mol. The molecule has 1 N–H and O–H groups in total. The maximum absolute atomic E-state index is 6.30. The largest absolute Gasteiger partial charge is 0.378 e. The number of hydrogen-bond donors (Lipinski definition) is 1. The van der Waals surface area contributed by atoms with Crippen molar-refractivity contribution in [1.29, 1.82) is 0 Å². The number of nitrogens with one attached hydrogen (secondary N) is 1. The standard InChI is InChI=1S/C15H12BrClN4/c16-14-7-1-4-11(20-14)10-18-13-6-2-5-12(17)15(13)21-9-3-8-19-21/h1-9,18H,10H2. The predicted molar refractivity (Wildman–Crippen MR) is 87.8 cm³/mol. The molecule has 0 fully saturated rings. The van der Waals surface area contributed by atoms with Gasteiger partial charge in [0.15, 0.2) is 0 Å². The lowest BCUT2D eigenvalue weighted by atomic mass is 10.2. The van der Waals surface area contributed by atoms with Gasteiger partial charge in [0.25, 0.3) is 0 Å². The molecule has 3 aromatic rings. The van der Waals surface area contributed by atoms with Crippen molar-refractivity contribution >= 4 is 33.2 Å². The van der Waals surface area contributed by atoms with Crippen LogP contribution in [0.5, 0.6) is 0 Å². The Kier molecular flexibility index (Phi) is 4.22. The first-order valence-corrected chi connectivity index (χ1v) is 7.55. The minimum absolute atomic E-state index is 0.605. The molecule has 3 rings (SSSR count). The second-order valence-corrected chi connectivity index (χ2v) is 5.61. The van der Waals surface area contributed by atoms with Gasteiger partial charge in [-0.15, -0.1) is 0 Å². The van der Waals surface area contributed by atoms with Crippen LogP contribution in [0.3, 0.4) is 0 Å². The van der Waals surface area contributed by atoms with Gasteiger partial charge >= 0.3 is 0 Å². The lowest BCUT2D eigenvalue weighted by molar-refractivity contribution is 0.878. The molecule has 0 spiro atoms. The molecular formula is C15H12BrClN4. The van der Waals surface area contributed by atoms with Crippen LogP contribution in [0.15, 0.2) is 59.5 Å². The summed E-state index contributed by atoms with van der Waals surface area (Å²) < 4.78 is 2.57. The summed E-state index contributed by atoms with van der Waals surface area (Å²) in [5, 5.41) is 8.25. The van der Waals surface area contributed by atoms with E-state index >= 15 is 0 Å². The highest BCUT2D eigenvalue weighted by molar-refractivity contribution is 9.10. The minimum Gasteiger partial charge on any atom is -0.378 e. The van der Waals surface area contributed by atoms with Gasteiger partial charge in [-0.25, -0.2) is 9.67 Å². The minimum atomic E-state index is 0.605. The van der Waals surface area contributed by atoms with Gasteiger partial charge in [-0.05, 0) is 46.3 Å². The van der Waals surface area contributed by atoms with Crippen molar-refractivity contribution in [3.63, 3.8) is 0 Å². The molecule has 21 heavy (non-hydrogen) atoms. The third-order valence-corrected chi connectivity index (χ3v) is 3.70. The van der Waals surface area contributed by atoms with E-state index in [1.54, 1.807) is 10.9 Å². The van der Waals surface area contributed by atoms with E-state index in [0.717, 1.165) is 21.7 Å². The van der Waals surface area contributed by atoms with Crippen LogP contribution in [-0.2, 0) is 6.54 Å². The second kappa shape index (κ2) is 6.28. The van der Waals surface area contributed by atoms with Crippen LogP contribution in [0, 0.1) is 0 Å². The molecule has 0 aliphatic heterocycles. The van der Waals surface area contributed by atoms with Crippen LogP contribution in [-0.4, -0.2) is 14.8 Å². The zero-order valence-corrected chi connectivity index (χ0v) is 13.3. The van der Waals surface area contributed by atoms with E-state index in [1.165, 1.54) is 0 Å². The molecule has 1 aromatic carbocycles. The number of aromatic nitrogens is 3. The Balaban J connectivity index is 1.88. The lowest BCUT2D eigenvalue weighted by Crippen LogP contribution is -2.06. The van der Waals surface area contributed by atoms with E-state index in [0.29, 0.717) is 11.6 Å². The first kappa shape index (κ1) is 14.1. The molecule has 0 radical (unpaired) electrons. The topological polar surface area (TPSA) is 42.7 Å². The van der Waals surface area contributed by atoms with Crippen molar-refractivity contribution in [2.45, 2.75) is 6.54 Å². The van der Waals surface area contributed by atoms with E-state index in [9.17, 15) is 0 Å². The SMILES string of the molecule is Clc1cccc(NCc2cccc(Br)n2)c1-n1cccn1. The number of benzene rings is 1. The molecule has 0 atom stereocenters. The Labute approximate surface area is 135 Å². The summed E-state index contributed by atoms with van der Waals surface area (Å²) in [6, 6.07) is 13.4. The van der Waals surface area contributed by atoms with Gasteiger partial charge in [0.2, 0.25) is 0 Å². The number of anilines is 1. The summed E-state index contributed by atoms with van der Waals surface area (Å²) in [7, 11) is 0. The number of halogens is 2. The molecule has 4 nitrogen and oxygen atoms in total. The van der Waals surface area contributed by atoms with Crippen LogP contribution in [0.4, 0.5) is 5.69 Å². The summed E-state index contributed by atoms with van der Waals surface area (Å²) in [6.07, 6.45) is 3.59. The normalized spacial score (nSPS) is 10.6. The Morgan fingerprint density at radius 1 is 1.14 bits per heavy atom. The van der Waals surface area contributed by atoms with Crippen molar-refractivity contribution in [3.05, 3.63) is 70.2 Å². The molecule has 0 bridgehead atoms. The monoisotopic (exact) mass is 362 g/mol. The fourth-order valence-electron chi connectivity index (χ4n) is 2.03. The molecule has 106 valence electrons. The van der Waals surface area contributed by atoms with E-state index in [-0.39, 0.29) is 0 Å². The van der Waals surface area contributed by atoms with Gasteiger partial charge in [-0.3, -0.25) is 0 Å². The summed E-state index contributed by atoms with van der Waals surface area (Å²) in [5.41, 5.74) is 2.68. The lowest BCUT2D eigenvalue weighted by Gasteiger charge is -2.13. The summed E-state index contributed by atoms with van der Waals surface area (Å²) in [6.45, 7) is 0.605. The first-order chi connectivity index (χ1) is 10.2. The van der Waals surface area contributed by atoms with Crippen molar-refractivity contribution < 1.29 is 0 Å². The van der Waals surface area contributed by atoms with Gasteiger partial charge in [-0.1, -0.05) is 23.7 Å². The molecule has 0 amide bonds. The summed E-state index contributed by atoms with van der Waals surface area (Å²) in [4.78, 5) is 4.40. The van der Waals surface area contributed by atoms with Crippen LogP contribution in [0.25, 0.3) is 5.69 Å². The summed E-state index contributed by atoms with van der Waals surface area (Å²) in [5.74, 6) is 0. The van der Waals surface area contributed by atoms with E-state index in [2.05, 4.69) is 31.3 Å². The highest BCUT2D eigenvalue weighted by atomic mass is 79.9. The van der Waals surface area contributed by atoms with Crippen molar-refractivity contribution in [1.82, 2.24) is 14.8 Å². The van der Waals surface area contributed by atoms with Crippen LogP contribution in [0.2, 0.25) is 5.02 Å². The maximum Gasteiger partial charge on any atom is 0.106 e. The third-order valence-electron chi connectivity index (χ3n) is 2.95.